The summed E-state index contributed by atoms with van der Waals surface area (Å²) in [5.41, 5.74) is 12.2. The van der Waals surface area contributed by atoms with E-state index in [0.29, 0.717) is 18.5 Å². The molecule has 0 aliphatic carbocycles. The van der Waals surface area contributed by atoms with Gasteiger partial charge >= 0.3 is 0 Å². The van der Waals surface area contributed by atoms with E-state index in [-0.39, 0.29) is 11.9 Å². The number of benzene rings is 3. The lowest BCUT2D eigenvalue weighted by Crippen LogP contribution is -2.32. The average molecular weight is 453 g/mol. The second kappa shape index (κ2) is 9.49. The fraction of sp³-hybridized carbons (Fsp3) is 0.222. The number of nitrogens with one attached hydrogen (secondary N) is 3. The Labute approximate surface area is 197 Å². The molecular formula is C27H28N6O. The standard InChI is InChI=1S/C27H28N6O/c1-17(7-8-18-5-3-2-4-6-18)29-27(34)20-10-12-22-24(14-20)33-26(31-22)15-25-30-21-11-9-19(16-28)13-23(21)32-25/h2-6,9-14,17H,7-8,15-16,28H2,1H3,(H,29,34)(H,30,32)(H,31,33). The quantitative estimate of drug-likeness (QED) is 0.282. The Morgan fingerprint density at radius 2 is 1.59 bits per heavy atom. The van der Waals surface area contributed by atoms with Crippen molar-refractivity contribution >= 4 is 28.0 Å². The maximum atomic E-state index is 12.8. The Bertz CT molecular complexity index is 1440. The normalized spacial score (nSPS) is 12.3. The average Bonchev–Trinajstić information content (AvgIpc) is 3.45. The first-order chi connectivity index (χ1) is 16.6. The van der Waals surface area contributed by atoms with Crippen LogP contribution in [0.1, 0.15) is 46.5 Å². The van der Waals surface area contributed by atoms with E-state index in [4.69, 9.17) is 5.73 Å². The summed E-state index contributed by atoms with van der Waals surface area (Å²) in [5.74, 6) is 1.54. The van der Waals surface area contributed by atoms with Crippen LogP contribution >= 0.6 is 0 Å². The fourth-order valence-electron chi connectivity index (χ4n) is 4.17. The van der Waals surface area contributed by atoms with Crippen LogP contribution in [0.15, 0.2) is 66.7 Å². The molecule has 3 aromatic carbocycles. The van der Waals surface area contributed by atoms with Gasteiger partial charge in [0.2, 0.25) is 0 Å². The number of rotatable bonds is 8. The van der Waals surface area contributed by atoms with Crippen molar-refractivity contribution in [3.8, 4) is 0 Å². The van der Waals surface area contributed by atoms with Crippen LogP contribution in [0.4, 0.5) is 0 Å². The third-order valence-electron chi connectivity index (χ3n) is 6.05. The number of fused-ring (bicyclic) bond motifs is 2. The van der Waals surface area contributed by atoms with Gasteiger partial charge in [0.05, 0.1) is 28.5 Å². The number of hydrogen-bond acceptors (Lipinski definition) is 4. The molecule has 7 nitrogen and oxygen atoms in total. The van der Waals surface area contributed by atoms with E-state index in [2.05, 4.69) is 37.4 Å². The highest BCUT2D eigenvalue weighted by atomic mass is 16.1. The zero-order valence-electron chi connectivity index (χ0n) is 19.1. The molecule has 172 valence electrons. The highest BCUT2D eigenvalue weighted by Gasteiger charge is 2.13. The van der Waals surface area contributed by atoms with E-state index in [1.807, 2.05) is 61.5 Å². The lowest BCUT2D eigenvalue weighted by atomic mass is 10.1. The van der Waals surface area contributed by atoms with Crippen LogP contribution in [0.25, 0.3) is 22.1 Å². The molecule has 1 unspecified atom stereocenters. The highest BCUT2D eigenvalue weighted by Crippen LogP contribution is 2.18. The molecule has 0 radical (unpaired) electrons. The smallest absolute Gasteiger partial charge is 0.251 e. The van der Waals surface area contributed by atoms with E-state index in [1.54, 1.807) is 0 Å². The number of carbonyl (C=O) groups excluding carboxylic acids is 1. The molecule has 0 aliphatic rings. The van der Waals surface area contributed by atoms with Gasteiger partial charge in [-0.25, -0.2) is 9.97 Å². The maximum Gasteiger partial charge on any atom is 0.251 e. The number of hydrogen-bond donors (Lipinski definition) is 4. The van der Waals surface area contributed by atoms with Crippen LogP contribution in [-0.4, -0.2) is 31.9 Å². The van der Waals surface area contributed by atoms with Gasteiger partial charge in [0.15, 0.2) is 0 Å². The molecule has 0 bridgehead atoms. The predicted molar refractivity (Wildman–Crippen MR) is 135 cm³/mol. The molecule has 0 saturated carbocycles. The van der Waals surface area contributed by atoms with Gasteiger partial charge in [-0.2, -0.15) is 0 Å². The number of imidazole rings is 2. The van der Waals surface area contributed by atoms with Crippen molar-refractivity contribution in [1.82, 2.24) is 25.3 Å². The molecule has 7 heteroatoms. The van der Waals surface area contributed by atoms with Crippen molar-refractivity contribution in [2.75, 3.05) is 0 Å². The summed E-state index contributed by atoms with van der Waals surface area (Å²) < 4.78 is 0. The summed E-state index contributed by atoms with van der Waals surface area (Å²) >= 11 is 0. The molecule has 5 N–H and O–H groups in total. The van der Waals surface area contributed by atoms with Crippen LogP contribution in [0, 0.1) is 0 Å². The minimum Gasteiger partial charge on any atom is -0.350 e. The summed E-state index contributed by atoms with van der Waals surface area (Å²) in [4.78, 5) is 28.8. The maximum absolute atomic E-state index is 12.8. The van der Waals surface area contributed by atoms with Crippen molar-refractivity contribution < 1.29 is 4.79 Å². The van der Waals surface area contributed by atoms with Gasteiger partial charge in [0.1, 0.15) is 11.6 Å². The fourth-order valence-corrected chi connectivity index (χ4v) is 4.17. The molecule has 2 heterocycles. The molecule has 5 aromatic rings. The van der Waals surface area contributed by atoms with Gasteiger partial charge in [-0.15, -0.1) is 0 Å². The molecule has 34 heavy (non-hydrogen) atoms. The van der Waals surface area contributed by atoms with E-state index in [1.165, 1.54) is 5.56 Å². The summed E-state index contributed by atoms with van der Waals surface area (Å²) in [7, 11) is 0. The molecule has 5 rings (SSSR count). The number of H-pyrrole nitrogens is 2. The zero-order valence-corrected chi connectivity index (χ0v) is 19.1. The number of nitrogens with zero attached hydrogens (tertiary/aromatic N) is 2. The van der Waals surface area contributed by atoms with Crippen LogP contribution in [0.2, 0.25) is 0 Å². The Morgan fingerprint density at radius 1 is 0.912 bits per heavy atom. The third kappa shape index (κ3) is 4.84. The van der Waals surface area contributed by atoms with Crippen molar-refractivity contribution in [1.29, 1.82) is 0 Å². The first-order valence-electron chi connectivity index (χ1n) is 11.6. The second-order valence-electron chi connectivity index (χ2n) is 8.73. The van der Waals surface area contributed by atoms with Crippen molar-refractivity contribution in [3.63, 3.8) is 0 Å². The molecule has 0 fully saturated rings. The number of nitrogens with two attached hydrogens (primary N) is 1. The van der Waals surface area contributed by atoms with Gasteiger partial charge in [-0.1, -0.05) is 36.4 Å². The zero-order chi connectivity index (χ0) is 23.5. The van der Waals surface area contributed by atoms with Crippen LogP contribution < -0.4 is 11.1 Å². The monoisotopic (exact) mass is 452 g/mol. The highest BCUT2D eigenvalue weighted by molar-refractivity contribution is 5.97. The lowest BCUT2D eigenvalue weighted by molar-refractivity contribution is 0.0938. The number of aromatic amines is 2. The third-order valence-corrected chi connectivity index (χ3v) is 6.05. The molecule has 1 amide bonds. The van der Waals surface area contributed by atoms with Crippen molar-refractivity contribution in [2.45, 2.75) is 38.8 Å². The number of amides is 1. The molecular weight excluding hydrogens is 424 g/mol. The minimum absolute atomic E-state index is 0.0772. The van der Waals surface area contributed by atoms with Gasteiger partial charge in [0.25, 0.3) is 5.91 Å². The molecule has 0 aliphatic heterocycles. The first kappa shape index (κ1) is 21.9. The van der Waals surface area contributed by atoms with E-state index in [0.717, 1.165) is 52.1 Å². The number of aryl methyl sites for hydroxylation is 1. The predicted octanol–water partition coefficient (Wildman–Crippen LogP) is 4.24. The van der Waals surface area contributed by atoms with Crippen LogP contribution in [0.3, 0.4) is 0 Å². The van der Waals surface area contributed by atoms with Gasteiger partial charge in [-0.3, -0.25) is 4.79 Å². The van der Waals surface area contributed by atoms with Crippen molar-refractivity contribution in [2.24, 2.45) is 5.73 Å². The summed E-state index contributed by atoms with van der Waals surface area (Å²) in [5, 5.41) is 3.10. The van der Waals surface area contributed by atoms with E-state index >= 15 is 0 Å². The van der Waals surface area contributed by atoms with Gasteiger partial charge in [0, 0.05) is 18.2 Å². The van der Waals surface area contributed by atoms with E-state index in [9.17, 15) is 4.79 Å². The van der Waals surface area contributed by atoms with Gasteiger partial charge in [-0.05, 0) is 61.2 Å². The Hall–Kier alpha value is -3.97. The van der Waals surface area contributed by atoms with Crippen LogP contribution in [-0.2, 0) is 19.4 Å². The molecule has 0 spiro atoms. The van der Waals surface area contributed by atoms with Crippen LogP contribution in [0.5, 0.6) is 0 Å². The summed E-state index contributed by atoms with van der Waals surface area (Å²) in [6.45, 7) is 2.53. The number of carbonyl (C=O) groups is 1. The van der Waals surface area contributed by atoms with Crippen molar-refractivity contribution in [3.05, 3.63) is 95.1 Å². The molecule has 0 saturated heterocycles. The summed E-state index contributed by atoms with van der Waals surface area (Å²) in [6.07, 6.45) is 2.36. The summed E-state index contributed by atoms with van der Waals surface area (Å²) in [6, 6.07) is 21.9. The Balaban J connectivity index is 1.25. The minimum atomic E-state index is -0.0772. The Morgan fingerprint density at radius 3 is 2.29 bits per heavy atom. The molecule has 1 atom stereocenters. The Kier molecular flexibility index (Phi) is 6.10. The SMILES string of the molecule is CC(CCc1ccccc1)NC(=O)c1ccc2nc(Cc3nc4ccc(CN)cc4[nH]3)[nH]c2c1. The number of aromatic nitrogens is 4. The van der Waals surface area contributed by atoms with E-state index < -0.39 is 0 Å². The molecule has 2 aromatic heterocycles. The topological polar surface area (TPSA) is 112 Å². The lowest BCUT2D eigenvalue weighted by Gasteiger charge is -2.14. The van der Waals surface area contributed by atoms with Gasteiger partial charge < -0.3 is 21.0 Å². The first-order valence-corrected chi connectivity index (χ1v) is 11.6. The second-order valence-corrected chi connectivity index (χ2v) is 8.73. The largest absolute Gasteiger partial charge is 0.350 e.